The van der Waals surface area contributed by atoms with Gasteiger partial charge in [-0.25, -0.2) is 0 Å². The summed E-state index contributed by atoms with van der Waals surface area (Å²) in [5, 5.41) is 54.6. The van der Waals surface area contributed by atoms with Gasteiger partial charge < -0.3 is 20.4 Å². The van der Waals surface area contributed by atoms with Crippen molar-refractivity contribution in [2.24, 2.45) is 17.8 Å². The van der Waals surface area contributed by atoms with Crippen LogP contribution in [-0.2, 0) is 47.1 Å². The van der Waals surface area contributed by atoms with E-state index in [4.69, 9.17) is 0 Å². The predicted octanol–water partition coefficient (Wildman–Crippen LogP) is 13.4. The zero-order valence-electron chi connectivity index (χ0n) is 42.1. The third-order valence-electron chi connectivity index (χ3n) is 18.3. The smallest absolute Gasteiger partial charge is 0.142 e. The summed E-state index contributed by atoms with van der Waals surface area (Å²) in [4.78, 5) is 0. The van der Waals surface area contributed by atoms with Crippen molar-refractivity contribution in [3.05, 3.63) is 309 Å². The molecule has 0 amide bonds. The van der Waals surface area contributed by atoms with E-state index in [1.165, 1.54) is 0 Å². The molecule has 0 saturated heterocycles. The molecule has 0 radical (unpaired) electrons. The predicted molar refractivity (Wildman–Crippen MR) is 297 cm³/mol. The molecule has 74 heavy (non-hydrogen) atoms. The maximum Gasteiger partial charge on any atom is 0.142 e. The van der Waals surface area contributed by atoms with Gasteiger partial charge in [-0.2, -0.15) is 0 Å². The van der Waals surface area contributed by atoms with E-state index in [9.17, 15) is 20.4 Å². The van der Waals surface area contributed by atoms with Crippen LogP contribution in [0.1, 0.15) is 110 Å². The fraction of sp³-hybridized carbons (Fsp3) is 0.229. The normalized spacial score (nSPS) is 26.7. The first-order chi connectivity index (χ1) is 36.0. The minimum absolute atomic E-state index is 0.00951. The van der Waals surface area contributed by atoms with Gasteiger partial charge >= 0.3 is 0 Å². The molecule has 366 valence electrons. The molecule has 0 aliphatic heterocycles. The van der Waals surface area contributed by atoms with Crippen LogP contribution in [0.5, 0.6) is 0 Å². The van der Waals surface area contributed by atoms with Gasteiger partial charge in [0.2, 0.25) is 0 Å². The second kappa shape index (κ2) is 17.5. The SMILES string of the molecule is CCC(O)(c1cc(C2(O)c3ccccc3C3(C)C=CC=CC32)ccc1CCc1ccc(C2(O)c3ccccc3C3C=CC=CC32)cc1C1(O)c2ccccc2-c2ccccc21)c1ccccc1CC1C=CC=CC1. The van der Waals surface area contributed by atoms with E-state index in [0.29, 0.717) is 25.2 Å². The van der Waals surface area contributed by atoms with Crippen molar-refractivity contribution in [2.45, 2.75) is 79.7 Å². The Morgan fingerprint density at radius 2 is 1.12 bits per heavy atom. The van der Waals surface area contributed by atoms with Crippen molar-refractivity contribution in [1.82, 2.24) is 0 Å². The average molecular weight is 967 g/mol. The summed E-state index contributed by atoms with van der Waals surface area (Å²) in [5.41, 5.74) is 8.30. The van der Waals surface area contributed by atoms with E-state index in [-0.39, 0.29) is 17.8 Å². The van der Waals surface area contributed by atoms with Gasteiger partial charge in [-0.05, 0) is 128 Å². The van der Waals surface area contributed by atoms with Crippen LogP contribution in [0.4, 0.5) is 0 Å². The molecule has 6 aliphatic rings. The molecular weight excluding hydrogens is 905 g/mol. The topological polar surface area (TPSA) is 80.9 Å². The molecule has 0 aromatic heterocycles. The van der Waals surface area contributed by atoms with Crippen LogP contribution < -0.4 is 0 Å². The van der Waals surface area contributed by atoms with E-state index in [2.05, 4.69) is 184 Å². The van der Waals surface area contributed by atoms with Crippen molar-refractivity contribution in [1.29, 1.82) is 0 Å². The molecule has 6 aliphatic carbocycles. The van der Waals surface area contributed by atoms with Gasteiger partial charge in [-0.3, -0.25) is 0 Å². The Labute approximate surface area is 435 Å². The highest BCUT2D eigenvalue weighted by Crippen LogP contribution is 2.60. The third-order valence-corrected chi connectivity index (χ3v) is 18.3. The Morgan fingerprint density at radius 3 is 1.86 bits per heavy atom. The summed E-state index contributed by atoms with van der Waals surface area (Å²) in [6.45, 7) is 4.29. The highest BCUT2D eigenvalue weighted by molar-refractivity contribution is 5.82. The lowest BCUT2D eigenvalue weighted by Gasteiger charge is -2.39. The lowest BCUT2D eigenvalue weighted by atomic mass is 9.68. The fourth-order valence-electron chi connectivity index (χ4n) is 14.6. The van der Waals surface area contributed by atoms with E-state index in [0.717, 1.165) is 102 Å². The molecule has 4 N–H and O–H groups in total. The van der Waals surface area contributed by atoms with E-state index < -0.39 is 27.8 Å². The number of fused-ring (bicyclic) bond motifs is 9. The van der Waals surface area contributed by atoms with Crippen molar-refractivity contribution in [2.75, 3.05) is 0 Å². The number of benzene rings is 7. The maximum absolute atomic E-state index is 13.8. The lowest BCUT2D eigenvalue weighted by Crippen LogP contribution is -2.39. The van der Waals surface area contributed by atoms with Crippen LogP contribution in [0.15, 0.2) is 231 Å². The molecule has 7 aromatic rings. The number of aliphatic hydroxyl groups is 4. The fourth-order valence-corrected chi connectivity index (χ4v) is 14.6. The summed E-state index contributed by atoms with van der Waals surface area (Å²) >= 11 is 0. The number of rotatable bonds is 11. The Bertz CT molecular complexity index is 3540. The van der Waals surface area contributed by atoms with E-state index in [1.807, 2.05) is 60.7 Å². The van der Waals surface area contributed by atoms with Crippen molar-refractivity contribution < 1.29 is 20.4 Å². The van der Waals surface area contributed by atoms with E-state index in [1.54, 1.807) is 0 Å². The van der Waals surface area contributed by atoms with Crippen LogP contribution in [0.2, 0.25) is 0 Å². The van der Waals surface area contributed by atoms with Gasteiger partial charge in [-0.15, -0.1) is 0 Å². The Hall–Kier alpha value is -7.18. The van der Waals surface area contributed by atoms with Crippen LogP contribution in [0, 0.1) is 17.8 Å². The molecule has 4 heteroatoms. The minimum atomic E-state index is -1.54. The number of aryl methyl sites for hydroxylation is 2. The third kappa shape index (κ3) is 6.68. The summed E-state index contributed by atoms with van der Waals surface area (Å²) < 4.78 is 0. The monoisotopic (exact) mass is 966 g/mol. The molecule has 7 aromatic carbocycles. The van der Waals surface area contributed by atoms with Crippen molar-refractivity contribution >= 4 is 0 Å². The van der Waals surface area contributed by atoms with Crippen LogP contribution in [-0.4, -0.2) is 20.4 Å². The molecule has 0 saturated carbocycles. The van der Waals surface area contributed by atoms with Crippen molar-refractivity contribution in [3.8, 4) is 11.1 Å². The van der Waals surface area contributed by atoms with Gasteiger partial charge in [0, 0.05) is 34.3 Å². The first-order valence-electron chi connectivity index (χ1n) is 26.7. The van der Waals surface area contributed by atoms with Gasteiger partial charge in [0.1, 0.15) is 22.4 Å². The average Bonchev–Trinajstić information content (AvgIpc) is 3.96. The lowest BCUT2D eigenvalue weighted by molar-refractivity contribution is 0.0314. The molecule has 0 fully saturated rings. The van der Waals surface area contributed by atoms with Crippen LogP contribution in [0.25, 0.3) is 11.1 Å². The first-order valence-corrected chi connectivity index (χ1v) is 26.7. The van der Waals surface area contributed by atoms with Crippen molar-refractivity contribution in [3.63, 3.8) is 0 Å². The zero-order chi connectivity index (χ0) is 50.5. The second-order valence-electron chi connectivity index (χ2n) is 21.9. The van der Waals surface area contributed by atoms with Crippen LogP contribution >= 0.6 is 0 Å². The second-order valence-corrected chi connectivity index (χ2v) is 21.9. The van der Waals surface area contributed by atoms with Gasteiger partial charge in [0.05, 0.1) is 0 Å². The summed E-state index contributed by atoms with van der Waals surface area (Å²) in [5.74, 6) is -0.198. The molecule has 13 rings (SSSR count). The molecular formula is C70H62O4. The molecule has 0 spiro atoms. The summed E-state index contributed by atoms with van der Waals surface area (Å²) in [6, 6.07) is 53.9. The standard InChI is InChI=1S/C70H62O4/c1-3-67(71,56-28-12-7-23-49(56)43-46-21-5-4-6-22-46)63-44-51(69(73)62-34-18-17-33-61(62)66(2)42-20-19-35-65(66)69)41-38-47(63)36-37-48-39-40-50(68(72)57-29-13-8-24-52(57)53-25-9-14-30-58(53)68)45-64(48)70(74)59-31-15-10-26-54(59)55-27-11-16-32-60(55)70/h4-21,23-35,38-42,44-46,52,57,65,71-74H,3,22,36-37,43H2,1-2H3. The maximum atomic E-state index is 13.8. The highest BCUT2D eigenvalue weighted by atomic mass is 16.3. The highest BCUT2D eigenvalue weighted by Gasteiger charge is 2.57. The minimum Gasteiger partial charge on any atom is -0.380 e. The molecule has 8 unspecified atom stereocenters. The largest absolute Gasteiger partial charge is 0.380 e. The zero-order valence-corrected chi connectivity index (χ0v) is 42.1. The molecule has 0 heterocycles. The summed E-state index contributed by atoms with van der Waals surface area (Å²) in [7, 11) is 0. The summed E-state index contributed by atoms with van der Waals surface area (Å²) in [6.07, 6.45) is 28.8. The van der Waals surface area contributed by atoms with Gasteiger partial charge in [-0.1, -0.05) is 232 Å². The Balaban J connectivity index is 0.985. The van der Waals surface area contributed by atoms with Crippen LogP contribution in [0.3, 0.4) is 0 Å². The number of hydrogen-bond acceptors (Lipinski definition) is 4. The molecule has 8 atom stereocenters. The number of allylic oxidation sites excluding steroid dienone is 10. The van der Waals surface area contributed by atoms with Gasteiger partial charge in [0.25, 0.3) is 0 Å². The quantitative estimate of drug-likeness (QED) is 0.104. The van der Waals surface area contributed by atoms with Gasteiger partial charge in [0.15, 0.2) is 0 Å². The first kappa shape index (κ1) is 46.6. The molecule has 0 bridgehead atoms. The number of hydrogen-bond donors (Lipinski definition) is 4. The molecule has 4 nitrogen and oxygen atoms in total. The Kier molecular flexibility index (Phi) is 11.0. The Morgan fingerprint density at radius 1 is 0.514 bits per heavy atom. The van der Waals surface area contributed by atoms with E-state index >= 15 is 0 Å².